The van der Waals surface area contributed by atoms with Crippen molar-refractivity contribution in [2.75, 3.05) is 11.9 Å². The van der Waals surface area contributed by atoms with Gasteiger partial charge in [-0.15, -0.1) is 0 Å². The highest BCUT2D eigenvalue weighted by atomic mass is 16.5. The minimum atomic E-state index is -0.790. The predicted molar refractivity (Wildman–Crippen MR) is 94.3 cm³/mol. The van der Waals surface area contributed by atoms with Gasteiger partial charge in [-0.25, -0.2) is 4.79 Å². The van der Waals surface area contributed by atoms with Crippen molar-refractivity contribution >= 4 is 29.5 Å². The fourth-order valence-electron chi connectivity index (χ4n) is 1.98. The van der Waals surface area contributed by atoms with E-state index in [0.717, 1.165) is 5.56 Å². The van der Waals surface area contributed by atoms with E-state index in [-0.39, 0.29) is 5.70 Å². The predicted octanol–water partition coefficient (Wildman–Crippen LogP) is 2.35. The van der Waals surface area contributed by atoms with Crippen LogP contribution in [0.3, 0.4) is 0 Å². The monoisotopic (exact) mass is 338 g/mol. The zero-order chi connectivity index (χ0) is 18.1. The third-order valence-corrected chi connectivity index (χ3v) is 3.03. The van der Waals surface area contributed by atoms with Crippen LogP contribution in [0, 0.1) is 0 Å². The number of nitrogens with one attached hydrogen (secondary N) is 2. The van der Waals surface area contributed by atoms with Gasteiger partial charge in [0.15, 0.2) is 6.61 Å². The molecule has 2 amide bonds. The highest BCUT2D eigenvalue weighted by Crippen LogP contribution is 2.07. The van der Waals surface area contributed by atoms with Gasteiger partial charge < -0.3 is 15.4 Å². The fraction of sp³-hybridized carbons (Fsp3) is 0.105. The molecule has 25 heavy (non-hydrogen) atoms. The van der Waals surface area contributed by atoms with Crippen LogP contribution < -0.4 is 10.6 Å². The maximum Gasteiger partial charge on any atom is 0.355 e. The number of ether oxygens (including phenoxy) is 1. The molecule has 0 spiro atoms. The molecule has 0 aliphatic heterocycles. The minimum absolute atomic E-state index is 0.0359. The molecule has 2 aromatic rings. The molecule has 0 unspecified atom stereocenters. The lowest BCUT2D eigenvalue weighted by Crippen LogP contribution is -2.28. The Morgan fingerprint density at radius 1 is 0.960 bits per heavy atom. The van der Waals surface area contributed by atoms with Crippen molar-refractivity contribution < 1.29 is 19.1 Å². The molecule has 0 saturated heterocycles. The zero-order valence-corrected chi connectivity index (χ0v) is 13.7. The Hall–Kier alpha value is -3.41. The Morgan fingerprint density at radius 2 is 1.56 bits per heavy atom. The molecule has 128 valence electrons. The molecule has 0 aliphatic carbocycles. The summed E-state index contributed by atoms with van der Waals surface area (Å²) < 4.78 is 4.98. The molecule has 0 saturated carbocycles. The van der Waals surface area contributed by atoms with Crippen LogP contribution in [0.4, 0.5) is 5.69 Å². The Kier molecular flexibility index (Phi) is 6.47. The van der Waals surface area contributed by atoms with Crippen molar-refractivity contribution in [2.24, 2.45) is 0 Å². The Bertz CT molecular complexity index is 771. The summed E-state index contributed by atoms with van der Waals surface area (Å²) in [5.74, 6) is -1.67. The molecule has 2 aromatic carbocycles. The first-order valence-corrected chi connectivity index (χ1v) is 7.61. The van der Waals surface area contributed by atoms with E-state index in [1.165, 1.54) is 13.0 Å². The Balaban J connectivity index is 1.98. The second kappa shape index (κ2) is 9.02. The van der Waals surface area contributed by atoms with E-state index in [1.54, 1.807) is 48.5 Å². The lowest BCUT2D eigenvalue weighted by molar-refractivity contribution is -0.144. The molecule has 0 atom stereocenters. The first-order chi connectivity index (χ1) is 12.0. The number of carbonyl (C=O) groups is 3. The molecule has 0 heterocycles. The zero-order valence-electron chi connectivity index (χ0n) is 13.7. The number of esters is 1. The van der Waals surface area contributed by atoms with Gasteiger partial charge in [-0.2, -0.15) is 0 Å². The minimum Gasteiger partial charge on any atom is -0.451 e. The standard InChI is InChI=1S/C19H18N2O4/c1-14(22)20-17(12-15-8-4-2-5-9-15)19(24)25-13-18(23)21-16-10-6-3-7-11-16/h2-12H,13H2,1H3,(H,20,22)(H,21,23)/b17-12-. The van der Waals surface area contributed by atoms with E-state index in [2.05, 4.69) is 10.6 Å². The van der Waals surface area contributed by atoms with Gasteiger partial charge in [-0.3, -0.25) is 9.59 Å². The van der Waals surface area contributed by atoms with E-state index >= 15 is 0 Å². The summed E-state index contributed by atoms with van der Waals surface area (Å²) in [4.78, 5) is 35.3. The smallest absolute Gasteiger partial charge is 0.355 e. The number of benzene rings is 2. The van der Waals surface area contributed by atoms with Crippen LogP contribution in [0.2, 0.25) is 0 Å². The fourth-order valence-corrected chi connectivity index (χ4v) is 1.98. The Labute approximate surface area is 145 Å². The number of rotatable bonds is 6. The van der Waals surface area contributed by atoms with Crippen LogP contribution >= 0.6 is 0 Å². The molecule has 6 nitrogen and oxygen atoms in total. The summed E-state index contributed by atoms with van der Waals surface area (Å²) in [5, 5.41) is 5.02. The number of amides is 2. The van der Waals surface area contributed by atoms with E-state index in [1.807, 2.05) is 12.1 Å². The van der Waals surface area contributed by atoms with Gasteiger partial charge in [-0.05, 0) is 23.8 Å². The van der Waals surface area contributed by atoms with Gasteiger partial charge in [0.1, 0.15) is 5.70 Å². The number of hydrogen-bond acceptors (Lipinski definition) is 4. The summed E-state index contributed by atoms with van der Waals surface area (Å²) in [6.45, 7) is 0.827. The van der Waals surface area contributed by atoms with Crippen molar-refractivity contribution in [1.82, 2.24) is 5.32 Å². The van der Waals surface area contributed by atoms with Crippen LogP contribution in [0.15, 0.2) is 66.4 Å². The van der Waals surface area contributed by atoms with Crippen LogP contribution in [0.25, 0.3) is 6.08 Å². The number of anilines is 1. The quantitative estimate of drug-likeness (QED) is 0.625. The highest BCUT2D eigenvalue weighted by Gasteiger charge is 2.15. The topological polar surface area (TPSA) is 84.5 Å². The average molecular weight is 338 g/mol. The van der Waals surface area contributed by atoms with Crippen LogP contribution in [-0.4, -0.2) is 24.4 Å². The maximum atomic E-state index is 12.2. The molecule has 0 aromatic heterocycles. The number of carbonyl (C=O) groups excluding carboxylic acids is 3. The van der Waals surface area contributed by atoms with Crippen molar-refractivity contribution in [3.8, 4) is 0 Å². The SMILES string of the molecule is CC(=O)N/C(=C\c1ccccc1)C(=O)OCC(=O)Nc1ccccc1. The summed E-state index contributed by atoms with van der Waals surface area (Å²) in [7, 11) is 0. The van der Waals surface area contributed by atoms with Gasteiger partial charge in [0, 0.05) is 12.6 Å². The van der Waals surface area contributed by atoms with Crippen molar-refractivity contribution in [2.45, 2.75) is 6.92 Å². The lowest BCUT2D eigenvalue weighted by atomic mass is 10.2. The first kappa shape index (κ1) is 17.9. The molecule has 2 N–H and O–H groups in total. The van der Waals surface area contributed by atoms with E-state index < -0.39 is 24.4 Å². The van der Waals surface area contributed by atoms with E-state index in [0.29, 0.717) is 5.69 Å². The highest BCUT2D eigenvalue weighted by molar-refractivity contribution is 5.99. The summed E-state index contributed by atoms with van der Waals surface area (Å²) in [6, 6.07) is 17.8. The van der Waals surface area contributed by atoms with E-state index in [4.69, 9.17) is 4.74 Å². The van der Waals surface area contributed by atoms with Crippen molar-refractivity contribution in [1.29, 1.82) is 0 Å². The summed E-state index contributed by atoms with van der Waals surface area (Å²) in [6.07, 6.45) is 1.48. The number of hydrogen-bond donors (Lipinski definition) is 2. The van der Waals surface area contributed by atoms with Crippen LogP contribution in [-0.2, 0) is 19.1 Å². The Morgan fingerprint density at radius 3 is 2.16 bits per heavy atom. The first-order valence-electron chi connectivity index (χ1n) is 7.61. The van der Waals surface area contributed by atoms with Gasteiger partial charge in [0.05, 0.1) is 0 Å². The summed E-state index contributed by atoms with van der Waals surface area (Å²) >= 11 is 0. The lowest BCUT2D eigenvalue weighted by Gasteiger charge is -2.09. The van der Waals surface area contributed by atoms with Gasteiger partial charge in [0.2, 0.25) is 5.91 Å². The van der Waals surface area contributed by atoms with Gasteiger partial charge >= 0.3 is 5.97 Å². The second-order valence-electron chi connectivity index (χ2n) is 5.14. The molecule has 0 bridgehead atoms. The van der Waals surface area contributed by atoms with Crippen LogP contribution in [0.5, 0.6) is 0 Å². The van der Waals surface area contributed by atoms with Crippen molar-refractivity contribution in [3.05, 3.63) is 71.9 Å². The van der Waals surface area contributed by atoms with Crippen molar-refractivity contribution in [3.63, 3.8) is 0 Å². The maximum absolute atomic E-state index is 12.2. The second-order valence-corrected chi connectivity index (χ2v) is 5.14. The molecule has 0 radical (unpaired) electrons. The van der Waals surface area contributed by atoms with Crippen LogP contribution in [0.1, 0.15) is 12.5 Å². The summed E-state index contributed by atoms with van der Waals surface area (Å²) in [5.41, 5.74) is 1.29. The largest absolute Gasteiger partial charge is 0.451 e. The molecule has 2 rings (SSSR count). The van der Waals surface area contributed by atoms with Gasteiger partial charge in [0.25, 0.3) is 5.91 Å². The molecule has 0 aliphatic rings. The normalized spacial score (nSPS) is 10.7. The average Bonchev–Trinajstić information content (AvgIpc) is 2.60. The molecule has 6 heteroatoms. The molecule has 0 fully saturated rings. The molecular formula is C19H18N2O4. The van der Waals surface area contributed by atoms with E-state index in [9.17, 15) is 14.4 Å². The van der Waals surface area contributed by atoms with Gasteiger partial charge in [-0.1, -0.05) is 48.5 Å². The third-order valence-electron chi connectivity index (χ3n) is 3.03. The number of para-hydroxylation sites is 1. The molecular weight excluding hydrogens is 320 g/mol. The third kappa shape index (κ3) is 6.31.